The lowest BCUT2D eigenvalue weighted by molar-refractivity contribution is 0.102. The molecule has 1 amide bonds. The fraction of sp³-hybridized carbons (Fsp3) is 0.158. The van der Waals surface area contributed by atoms with Crippen molar-refractivity contribution in [2.75, 3.05) is 5.32 Å². The summed E-state index contributed by atoms with van der Waals surface area (Å²) in [6.07, 6.45) is 1.67. The molecule has 3 aromatic rings. The predicted molar refractivity (Wildman–Crippen MR) is 96.6 cm³/mol. The van der Waals surface area contributed by atoms with Crippen molar-refractivity contribution in [3.8, 4) is 0 Å². The number of aromatic nitrogens is 2. The summed E-state index contributed by atoms with van der Waals surface area (Å²) in [4.78, 5) is 12.4. The molecule has 1 aromatic heterocycles. The number of carbonyl (C=O) groups excluding carboxylic acids is 1. The van der Waals surface area contributed by atoms with E-state index in [1.807, 2.05) is 32.0 Å². The van der Waals surface area contributed by atoms with Crippen molar-refractivity contribution in [3.63, 3.8) is 0 Å². The Morgan fingerprint density at radius 1 is 1.24 bits per heavy atom. The van der Waals surface area contributed by atoms with Gasteiger partial charge in [0.05, 0.1) is 6.54 Å². The highest BCUT2D eigenvalue weighted by molar-refractivity contribution is 6.31. The normalized spacial score (nSPS) is 10.7. The molecule has 3 rings (SSSR count). The lowest BCUT2D eigenvalue weighted by Gasteiger charge is -2.07. The van der Waals surface area contributed by atoms with Crippen molar-refractivity contribution in [2.24, 2.45) is 0 Å². The van der Waals surface area contributed by atoms with E-state index in [0.29, 0.717) is 22.0 Å². The third-order valence-electron chi connectivity index (χ3n) is 3.90. The molecular weight excluding hydrogens is 341 g/mol. The minimum Gasteiger partial charge on any atom is -0.305 e. The molecule has 2 aromatic carbocycles. The number of anilines is 1. The van der Waals surface area contributed by atoms with Crippen molar-refractivity contribution in [2.45, 2.75) is 20.4 Å². The number of rotatable bonds is 4. The Hall–Kier alpha value is -2.66. The van der Waals surface area contributed by atoms with Gasteiger partial charge in [-0.25, -0.2) is 4.39 Å². The number of amides is 1. The summed E-state index contributed by atoms with van der Waals surface area (Å²) in [5.74, 6) is -0.210. The standard InChI is InChI=1S/C19H17ClFN3O/c1-12-6-7-13(2)14(10-12)19(25)22-18-8-9-24(23-18)11-15-16(20)4-3-5-17(15)21/h3-10H,11H2,1-2H3,(H,22,23,25). The first-order valence-electron chi connectivity index (χ1n) is 7.79. The van der Waals surface area contributed by atoms with E-state index in [1.165, 1.54) is 10.7 Å². The molecule has 1 N–H and O–H groups in total. The summed E-state index contributed by atoms with van der Waals surface area (Å²) in [6.45, 7) is 4.00. The van der Waals surface area contributed by atoms with E-state index >= 15 is 0 Å². The van der Waals surface area contributed by atoms with Gasteiger partial charge < -0.3 is 5.32 Å². The molecule has 0 unspecified atom stereocenters. The van der Waals surface area contributed by atoms with Crippen LogP contribution < -0.4 is 5.32 Å². The quantitative estimate of drug-likeness (QED) is 0.742. The average Bonchev–Trinajstić information content (AvgIpc) is 3.00. The lowest BCUT2D eigenvalue weighted by Crippen LogP contribution is -2.14. The highest BCUT2D eigenvalue weighted by atomic mass is 35.5. The number of carbonyl (C=O) groups is 1. The van der Waals surface area contributed by atoms with Crippen LogP contribution in [0.15, 0.2) is 48.7 Å². The van der Waals surface area contributed by atoms with Gasteiger partial charge in [-0.05, 0) is 37.6 Å². The smallest absolute Gasteiger partial charge is 0.257 e. The Balaban J connectivity index is 1.76. The maximum absolute atomic E-state index is 13.9. The zero-order valence-corrected chi connectivity index (χ0v) is 14.6. The molecule has 0 aliphatic carbocycles. The van der Waals surface area contributed by atoms with Crippen molar-refractivity contribution in [3.05, 3.63) is 81.8 Å². The van der Waals surface area contributed by atoms with Gasteiger partial charge in [0.25, 0.3) is 5.91 Å². The van der Waals surface area contributed by atoms with Crippen LogP contribution in [0.3, 0.4) is 0 Å². The van der Waals surface area contributed by atoms with Gasteiger partial charge in [-0.2, -0.15) is 5.10 Å². The fourth-order valence-corrected chi connectivity index (χ4v) is 2.75. The molecule has 0 atom stereocenters. The van der Waals surface area contributed by atoms with Crippen LogP contribution in [0, 0.1) is 19.7 Å². The second-order valence-electron chi connectivity index (χ2n) is 5.87. The third-order valence-corrected chi connectivity index (χ3v) is 4.26. The van der Waals surface area contributed by atoms with Crippen LogP contribution >= 0.6 is 11.6 Å². The molecule has 1 heterocycles. The molecule has 0 aliphatic rings. The van der Waals surface area contributed by atoms with E-state index in [9.17, 15) is 9.18 Å². The fourth-order valence-electron chi connectivity index (χ4n) is 2.53. The molecule has 0 bridgehead atoms. The van der Waals surface area contributed by atoms with Gasteiger partial charge in [0.1, 0.15) is 5.82 Å². The van der Waals surface area contributed by atoms with E-state index < -0.39 is 0 Å². The summed E-state index contributed by atoms with van der Waals surface area (Å²) < 4.78 is 15.4. The van der Waals surface area contributed by atoms with Crippen LogP contribution in [-0.4, -0.2) is 15.7 Å². The zero-order chi connectivity index (χ0) is 18.0. The number of nitrogens with zero attached hydrogens (tertiary/aromatic N) is 2. The molecule has 0 saturated heterocycles. The van der Waals surface area contributed by atoms with Crippen molar-refractivity contribution in [1.82, 2.24) is 9.78 Å². The van der Waals surface area contributed by atoms with Gasteiger partial charge in [-0.15, -0.1) is 0 Å². The van der Waals surface area contributed by atoms with Gasteiger partial charge in [0, 0.05) is 28.4 Å². The topological polar surface area (TPSA) is 46.9 Å². The molecule has 0 aliphatic heterocycles. The van der Waals surface area contributed by atoms with E-state index in [2.05, 4.69) is 10.4 Å². The zero-order valence-electron chi connectivity index (χ0n) is 13.9. The van der Waals surface area contributed by atoms with E-state index in [-0.39, 0.29) is 18.3 Å². The maximum Gasteiger partial charge on any atom is 0.257 e. The summed E-state index contributed by atoms with van der Waals surface area (Å²) in [7, 11) is 0. The largest absolute Gasteiger partial charge is 0.305 e. The minimum atomic E-state index is -0.385. The van der Waals surface area contributed by atoms with Gasteiger partial charge in [-0.3, -0.25) is 9.48 Å². The molecule has 0 spiro atoms. The van der Waals surface area contributed by atoms with Crippen LogP contribution in [-0.2, 0) is 6.54 Å². The van der Waals surface area contributed by atoms with Crippen molar-refractivity contribution in [1.29, 1.82) is 0 Å². The first-order chi connectivity index (χ1) is 11.9. The molecule has 0 saturated carbocycles. The Labute approximate surface area is 150 Å². The molecule has 0 radical (unpaired) electrons. The molecule has 4 nitrogen and oxygen atoms in total. The minimum absolute atomic E-state index is 0.185. The molecular formula is C19H17ClFN3O. The maximum atomic E-state index is 13.9. The highest BCUT2D eigenvalue weighted by Crippen LogP contribution is 2.20. The monoisotopic (exact) mass is 357 g/mol. The molecule has 6 heteroatoms. The molecule has 128 valence electrons. The van der Waals surface area contributed by atoms with E-state index in [1.54, 1.807) is 24.4 Å². The van der Waals surface area contributed by atoms with Gasteiger partial charge in [0.2, 0.25) is 0 Å². The third kappa shape index (κ3) is 3.88. The van der Waals surface area contributed by atoms with Crippen LogP contribution in [0.25, 0.3) is 0 Å². The highest BCUT2D eigenvalue weighted by Gasteiger charge is 2.12. The second kappa shape index (κ2) is 7.07. The average molecular weight is 358 g/mol. The number of hydrogen-bond donors (Lipinski definition) is 1. The molecule has 25 heavy (non-hydrogen) atoms. The lowest BCUT2D eigenvalue weighted by atomic mass is 10.1. The Morgan fingerprint density at radius 2 is 2.04 bits per heavy atom. The van der Waals surface area contributed by atoms with Crippen LogP contribution in [0.2, 0.25) is 5.02 Å². The predicted octanol–water partition coefficient (Wildman–Crippen LogP) is 4.59. The number of benzene rings is 2. The first kappa shape index (κ1) is 17.2. The van der Waals surface area contributed by atoms with E-state index in [4.69, 9.17) is 11.6 Å². The summed E-state index contributed by atoms with van der Waals surface area (Å²) in [5, 5.41) is 7.37. The van der Waals surface area contributed by atoms with Crippen molar-refractivity contribution >= 4 is 23.3 Å². The van der Waals surface area contributed by atoms with Gasteiger partial charge in [-0.1, -0.05) is 35.4 Å². The van der Waals surface area contributed by atoms with Gasteiger partial charge in [0.15, 0.2) is 5.82 Å². The second-order valence-corrected chi connectivity index (χ2v) is 6.28. The summed E-state index contributed by atoms with van der Waals surface area (Å²) in [6, 6.07) is 11.9. The van der Waals surface area contributed by atoms with Crippen LogP contribution in [0.5, 0.6) is 0 Å². The number of nitrogens with one attached hydrogen (secondary N) is 1. The first-order valence-corrected chi connectivity index (χ1v) is 8.17. The summed E-state index contributed by atoms with van der Waals surface area (Å²) >= 11 is 6.03. The Kier molecular flexibility index (Phi) is 4.86. The molecule has 0 fully saturated rings. The van der Waals surface area contributed by atoms with Crippen LogP contribution in [0.1, 0.15) is 27.0 Å². The SMILES string of the molecule is Cc1ccc(C)c(C(=O)Nc2ccn(Cc3c(F)cccc3Cl)n2)c1. The summed E-state index contributed by atoms with van der Waals surface area (Å²) in [5.41, 5.74) is 2.86. The Morgan fingerprint density at radius 3 is 2.80 bits per heavy atom. The number of hydrogen-bond acceptors (Lipinski definition) is 2. The number of halogens is 2. The Bertz CT molecular complexity index is 916. The number of aryl methyl sites for hydroxylation is 2. The van der Waals surface area contributed by atoms with Crippen molar-refractivity contribution < 1.29 is 9.18 Å². The van der Waals surface area contributed by atoms with Gasteiger partial charge >= 0.3 is 0 Å². The van der Waals surface area contributed by atoms with E-state index in [0.717, 1.165) is 11.1 Å². The van der Waals surface area contributed by atoms with Crippen LogP contribution in [0.4, 0.5) is 10.2 Å².